The summed E-state index contributed by atoms with van der Waals surface area (Å²) in [6.07, 6.45) is -4.11. The first kappa shape index (κ1) is 27.4. The molecule has 3 aromatic rings. The minimum absolute atomic E-state index is 0.129. The molecule has 36 heavy (non-hydrogen) atoms. The zero-order valence-electron chi connectivity index (χ0n) is 18.2. The number of benzene rings is 1. The minimum Gasteiger partial charge on any atom is -0.387 e. The Morgan fingerprint density at radius 1 is 1.08 bits per heavy atom. The van der Waals surface area contributed by atoms with Gasteiger partial charge in [-0.1, -0.05) is 29.8 Å². The Hall–Kier alpha value is -1.67. The SMILES string of the molecule is O=P(O)(O)CP(=O)(O)NC[C@H]1O[C@@H](n2cnc3c(NCc4ccccc4Cl)nc(Cl)nc32)C(O)C1O. The van der Waals surface area contributed by atoms with Crippen molar-refractivity contribution in [3.8, 4) is 0 Å². The number of anilines is 1. The molecule has 196 valence electrons. The monoisotopic (exact) mass is 582 g/mol. The average Bonchev–Trinajstić information content (AvgIpc) is 3.31. The van der Waals surface area contributed by atoms with Crippen molar-refractivity contribution in [2.24, 2.45) is 0 Å². The molecule has 7 N–H and O–H groups in total. The normalized spacial score (nSPS) is 24.2. The third kappa shape index (κ3) is 6.24. The summed E-state index contributed by atoms with van der Waals surface area (Å²) in [6, 6.07) is 7.20. The van der Waals surface area contributed by atoms with Crippen LogP contribution in [-0.4, -0.2) is 75.2 Å². The highest BCUT2D eigenvalue weighted by Crippen LogP contribution is 2.52. The first-order chi connectivity index (χ1) is 16.8. The third-order valence-corrected chi connectivity index (χ3v) is 9.55. The second kappa shape index (κ2) is 10.6. The standard InChI is InChI=1S/C18H22Cl2N6O8P2/c19-10-4-2-1-3-9(10)5-21-15-12-16(25-18(20)24-15)26(7-22-12)17-14(28)13(27)11(34-17)6-23-35(29,30)8-36(31,32)33/h1-4,7,11,13-14,17,27-28H,5-6,8H2,(H,21,24,25)(H2,23,29,30)(H2,31,32,33)/t11-,13?,14?,17-/m1/s1. The summed E-state index contributed by atoms with van der Waals surface area (Å²) in [5.74, 6) is -1.01. The van der Waals surface area contributed by atoms with E-state index in [2.05, 4.69) is 25.4 Å². The van der Waals surface area contributed by atoms with E-state index in [4.69, 9.17) is 37.7 Å². The number of ether oxygens (including phenoxy) is 1. The first-order valence-corrected chi connectivity index (χ1v) is 14.7. The van der Waals surface area contributed by atoms with E-state index in [-0.39, 0.29) is 16.7 Å². The van der Waals surface area contributed by atoms with Crippen LogP contribution < -0.4 is 10.4 Å². The van der Waals surface area contributed by atoms with Gasteiger partial charge in [-0.3, -0.25) is 13.7 Å². The van der Waals surface area contributed by atoms with Crippen LogP contribution in [0.1, 0.15) is 11.8 Å². The Morgan fingerprint density at radius 2 is 1.81 bits per heavy atom. The molecule has 18 heteroatoms. The van der Waals surface area contributed by atoms with Crippen LogP contribution >= 0.6 is 38.3 Å². The van der Waals surface area contributed by atoms with Crippen molar-refractivity contribution in [1.82, 2.24) is 24.6 Å². The molecule has 3 heterocycles. The predicted molar refractivity (Wildman–Crippen MR) is 130 cm³/mol. The zero-order chi connectivity index (χ0) is 26.3. The van der Waals surface area contributed by atoms with Gasteiger partial charge in [0.2, 0.25) is 5.28 Å². The van der Waals surface area contributed by atoms with Gasteiger partial charge in [-0.05, 0) is 23.2 Å². The van der Waals surface area contributed by atoms with E-state index in [1.807, 2.05) is 12.1 Å². The summed E-state index contributed by atoms with van der Waals surface area (Å²) in [6.45, 7) is -0.171. The molecule has 2 aromatic heterocycles. The lowest BCUT2D eigenvalue weighted by Gasteiger charge is -2.19. The molecule has 3 unspecified atom stereocenters. The van der Waals surface area contributed by atoms with Gasteiger partial charge < -0.3 is 34.9 Å². The summed E-state index contributed by atoms with van der Waals surface area (Å²) in [5, 5.41) is 26.6. The number of nitrogens with zero attached hydrogens (tertiary/aromatic N) is 4. The lowest BCUT2D eigenvalue weighted by atomic mass is 10.1. The Bertz CT molecular complexity index is 1360. The summed E-state index contributed by atoms with van der Waals surface area (Å²) in [5.41, 5.74) is 1.27. The molecule has 1 aliphatic rings. The van der Waals surface area contributed by atoms with Crippen LogP contribution in [0.15, 0.2) is 30.6 Å². The molecule has 1 fully saturated rings. The lowest BCUT2D eigenvalue weighted by Crippen LogP contribution is -2.37. The van der Waals surface area contributed by atoms with Crippen molar-refractivity contribution in [2.45, 2.75) is 31.1 Å². The van der Waals surface area contributed by atoms with Gasteiger partial charge in [-0.25, -0.2) is 10.1 Å². The summed E-state index contributed by atoms with van der Waals surface area (Å²) >= 11 is 12.3. The van der Waals surface area contributed by atoms with E-state index in [1.54, 1.807) is 12.1 Å². The van der Waals surface area contributed by atoms with Gasteiger partial charge in [0.05, 0.1) is 6.33 Å². The topological polar surface area (TPSA) is 212 Å². The van der Waals surface area contributed by atoms with E-state index < -0.39 is 52.1 Å². The van der Waals surface area contributed by atoms with Crippen LogP contribution in [0.3, 0.4) is 0 Å². The third-order valence-electron chi connectivity index (χ3n) is 5.33. The summed E-state index contributed by atoms with van der Waals surface area (Å²) in [4.78, 5) is 40.2. The number of hydrogen-bond donors (Lipinski definition) is 7. The first-order valence-electron chi connectivity index (χ1n) is 10.3. The van der Waals surface area contributed by atoms with Crippen molar-refractivity contribution >= 4 is 55.3 Å². The van der Waals surface area contributed by atoms with Crippen molar-refractivity contribution in [2.75, 3.05) is 17.8 Å². The number of aromatic nitrogens is 4. The molecule has 0 saturated carbocycles. The van der Waals surface area contributed by atoms with Crippen molar-refractivity contribution in [1.29, 1.82) is 0 Å². The zero-order valence-corrected chi connectivity index (χ0v) is 21.5. The van der Waals surface area contributed by atoms with E-state index in [1.165, 1.54) is 10.9 Å². The van der Waals surface area contributed by atoms with E-state index in [9.17, 15) is 24.2 Å². The Balaban J connectivity index is 1.53. The van der Waals surface area contributed by atoms with Crippen LogP contribution in [0.5, 0.6) is 0 Å². The maximum absolute atomic E-state index is 12.0. The average molecular weight is 583 g/mol. The highest BCUT2D eigenvalue weighted by Gasteiger charge is 2.45. The van der Waals surface area contributed by atoms with Gasteiger partial charge in [-0.2, -0.15) is 9.97 Å². The number of imidazole rings is 1. The Morgan fingerprint density at radius 3 is 2.50 bits per heavy atom. The summed E-state index contributed by atoms with van der Waals surface area (Å²) < 4.78 is 30.1. The van der Waals surface area contributed by atoms with Crippen LogP contribution in [0, 0.1) is 0 Å². The predicted octanol–water partition coefficient (Wildman–Crippen LogP) is 1.27. The minimum atomic E-state index is -4.77. The Labute approximate surface area is 213 Å². The molecule has 4 rings (SSSR count). The number of halogens is 2. The molecule has 5 atom stereocenters. The smallest absolute Gasteiger partial charge is 0.336 e. The number of hydrogen-bond acceptors (Lipinski definition) is 9. The molecule has 1 aliphatic heterocycles. The molecular weight excluding hydrogens is 561 g/mol. The van der Waals surface area contributed by atoms with Crippen LogP contribution in [0.25, 0.3) is 11.2 Å². The highest BCUT2D eigenvalue weighted by atomic mass is 35.5. The number of rotatable bonds is 9. The fraction of sp³-hybridized carbons (Fsp3) is 0.389. The van der Waals surface area contributed by atoms with Crippen LogP contribution in [0.2, 0.25) is 10.3 Å². The van der Waals surface area contributed by atoms with E-state index >= 15 is 0 Å². The van der Waals surface area contributed by atoms with Gasteiger partial charge in [0, 0.05) is 18.1 Å². The Kier molecular flexibility index (Phi) is 8.06. The number of fused-ring (bicyclic) bond motifs is 1. The molecule has 0 spiro atoms. The fourth-order valence-corrected chi connectivity index (χ4v) is 6.91. The van der Waals surface area contributed by atoms with Gasteiger partial charge in [0.1, 0.15) is 24.2 Å². The maximum atomic E-state index is 12.0. The molecular formula is C18H22Cl2N6O8P2. The summed E-state index contributed by atoms with van der Waals surface area (Å²) in [7, 11) is -9.22. The van der Waals surface area contributed by atoms with E-state index in [0.29, 0.717) is 17.1 Å². The number of nitrogens with one attached hydrogen (secondary N) is 2. The quantitative estimate of drug-likeness (QED) is 0.140. The molecule has 0 aliphatic carbocycles. The van der Waals surface area contributed by atoms with Crippen molar-refractivity contribution in [3.05, 3.63) is 46.5 Å². The molecule has 14 nitrogen and oxygen atoms in total. The van der Waals surface area contributed by atoms with E-state index in [0.717, 1.165) is 5.56 Å². The van der Waals surface area contributed by atoms with Gasteiger partial charge >= 0.3 is 7.60 Å². The molecule has 0 amide bonds. The van der Waals surface area contributed by atoms with Crippen molar-refractivity contribution < 1.29 is 38.8 Å². The van der Waals surface area contributed by atoms with Gasteiger partial charge in [-0.15, -0.1) is 0 Å². The van der Waals surface area contributed by atoms with Crippen LogP contribution in [-0.2, 0) is 20.4 Å². The second-order valence-corrected chi connectivity index (χ2v) is 13.0. The molecule has 1 saturated heterocycles. The highest BCUT2D eigenvalue weighted by molar-refractivity contribution is 7.71. The molecule has 0 radical (unpaired) electrons. The number of aliphatic hydroxyl groups is 2. The van der Waals surface area contributed by atoms with Crippen molar-refractivity contribution in [3.63, 3.8) is 0 Å². The second-order valence-electron chi connectivity index (χ2n) is 8.03. The maximum Gasteiger partial charge on any atom is 0.336 e. The van der Waals surface area contributed by atoms with Gasteiger partial charge in [0.15, 0.2) is 23.2 Å². The number of aliphatic hydroxyl groups excluding tert-OH is 2. The van der Waals surface area contributed by atoms with Gasteiger partial charge in [0.25, 0.3) is 7.52 Å². The molecule has 1 aromatic carbocycles. The van der Waals surface area contributed by atoms with Crippen LogP contribution in [0.4, 0.5) is 5.82 Å². The molecule has 0 bridgehead atoms. The fourth-order valence-electron chi connectivity index (χ4n) is 3.68. The largest absolute Gasteiger partial charge is 0.387 e. The lowest BCUT2D eigenvalue weighted by molar-refractivity contribution is -0.0331.